The molecule has 2 aromatic carbocycles. The van der Waals surface area contributed by atoms with Crippen LogP contribution in [0.1, 0.15) is 18.4 Å². The number of benzene rings is 2. The average Bonchev–Trinajstić information content (AvgIpc) is 2.62. The third-order valence-corrected chi connectivity index (χ3v) is 4.21. The summed E-state index contributed by atoms with van der Waals surface area (Å²) < 4.78 is 5.71. The number of nitrogens with one attached hydrogen (secondary N) is 1. The normalized spacial score (nSPS) is 17.0. The fourth-order valence-corrected chi connectivity index (χ4v) is 2.87. The van der Waals surface area contributed by atoms with Crippen LogP contribution in [0, 0.1) is 5.92 Å². The second-order valence-electron chi connectivity index (χ2n) is 6.25. The minimum absolute atomic E-state index is 0.585. The number of nitrogen functional groups attached to an aromatic ring is 1. The molecule has 1 aliphatic rings. The van der Waals surface area contributed by atoms with E-state index >= 15 is 0 Å². The van der Waals surface area contributed by atoms with Crippen molar-refractivity contribution in [2.45, 2.75) is 19.3 Å². The number of aliphatic imine (C=N–C) groups is 1. The number of anilines is 1. The molecule has 3 N–H and O–H groups in total. The van der Waals surface area contributed by atoms with E-state index < -0.39 is 0 Å². The highest BCUT2D eigenvalue weighted by Gasteiger charge is 2.15. The molecule has 0 saturated carbocycles. The molecule has 4 nitrogen and oxygen atoms in total. The number of hydrogen-bond donors (Lipinski definition) is 2. The summed E-state index contributed by atoms with van der Waals surface area (Å²) in [6, 6.07) is 18.2. The van der Waals surface area contributed by atoms with Crippen LogP contribution in [0.5, 0.6) is 5.75 Å². The molecular weight excluding hydrogens is 298 g/mol. The van der Waals surface area contributed by atoms with Crippen LogP contribution in [-0.4, -0.2) is 25.5 Å². The van der Waals surface area contributed by atoms with E-state index in [4.69, 9.17) is 15.5 Å². The minimum atomic E-state index is 0.585. The number of nitrogens with zero attached hydrogens (tertiary/aromatic N) is 1. The van der Waals surface area contributed by atoms with E-state index in [1.165, 1.54) is 5.56 Å². The molecule has 0 radical (unpaired) electrons. The maximum Gasteiger partial charge on any atom is 0.119 e. The Balaban J connectivity index is 1.36. The van der Waals surface area contributed by atoms with Crippen molar-refractivity contribution >= 4 is 11.5 Å². The van der Waals surface area contributed by atoms with Gasteiger partial charge in [0, 0.05) is 25.2 Å². The van der Waals surface area contributed by atoms with Gasteiger partial charge in [0.2, 0.25) is 0 Å². The fourth-order valence-electron chi connectivity index (χ4n) is 2.87. The Morgan fingerprint density at radius 1 is 1.08 bits per heavy atom. The lowest BCUT2D eigenvalue weighted by molar-refractivity contribution is 0.313. The molecule has 0 aromatic heterocycles. The molecular formula is C20H25N3O. The van der Waals surface area contributed by atoms with Gasteiger partial charge >= 0.3 is 0 Å². The quantitative estimate of drug-likeness (QED) is 0.607. The molecule has 0 bridgehead atoms. The number of rotatable bonds is 7. The predicted molar refractivity (Wildman–Crippen MR) is 99.5 cm³/mol. The van der Waals surface area contributed by atoms with Crippen molar-refractivity contribution < 1.29 is 4.74 Å². The van der Waals surface area contributed by atoms with Crippen LogP contribution in [0.4, 0.5) is 5.69 Å². The van der Waals surface area contributed by atoms with Gasteiger partial charge < -0.3 is 15.8 Å². The summed E-state index contributed by atoms with van der Waals surface area (Å²) in [7, 11) is 0. The zero-order valence-corrected chi connectivity index (χ0v) is 13.9. The molecule has 24 heavy (non-hydrogen) atoms. The molecule has 1 unspecified atom stereocenters. The van der Waals surface area contributed by atoms with Gasteiger partial charge in [-0.05, 0) is 48.6 Å². The van der Waals surface area contributed by atoms with Crippen molar-refractivity contribution in [2.75, 3.05) is 25.4 Å². The molecule has 1 atom stereocenters. The van der Waals surface area contributed by atoms with Gasteiger partial charge in [0.05, 0.1) is 12.4 Å². The summed E-state index contributed by atoms with van der Waals surface area (Å²) >= 11 is 0. The Labute approximate surface area is 143 Å². The molecule has 3 rings (SSSR count). The molecule has 1 aliphatic heterocycles. The Morgan fingerprint density at radius 3 is 2.58 bits per heavy atom. The first-order valence-corrected chi connectivity index (χ1v) is 8.59. The highest BCUT2D eigenvalue weighted by Crippen LogP contribution is 2.14. The van der Waals surface area contributed by atoms with Gasteiger partial charge in [-0.1, -0.05) is 30.3 Å². The topological polar surface area (TPSA) is 59.6 Å². The van der Waals surface area contributed by atoms with Gasteiger partial charge in [0.1, 0.15) is 5.75 Å². The van der Waals surface area contributed by atoms with Crippen molar-refractivity contribution in [1.82, 2.24) is 5.32 Å². The van der Waals surface area contributed by atoms with E-state index in [9.17, 15) is 0 Å². The summed E-state index contributed by atoms with van der Waals surface area (Å²) in [5.74, 6) is 2.56. The number of nitrogens with two attached hydrogens (primary N) is 1. The first-order valence-electron chi connectivity index (χ1n) is 8.59. The smallest absolute Gasteiger partial charge is 0.119 e. The van der Waals surface area contributed by atoms with Gasteiger partial charge in [-0.15, -0.1) is 0 Å². The second-order valence-corrected chi connectivity index (χ2v) is 6.25. The summed E-state index contributed by atoms with van der Waals surface area (Å²) in [4.78, 5) is 4.70. The van der Waals surface area contributed by atoms with Crippen LogP contribution in [0.15, 0.2) is 59.6 Å². The third kappa shape index (κ3) is 5.01. The van der Waals surface area contributed by atoms with Crippen molar-refractivity contribution in [3.63, 3.8) is 0 Å². The number of ether oxygens (including phenoxy) is 1. The summed E-state index contributed by atoms with van der Waals surface area (Å²) in [6.07, 6.45) is 2.98. The van der Waals surface area contributed by atoms with Crippen molar-refractivity contribution in [3.8, 4) is 5.75 Å². The lowest BCUT2D eigenvalue weighted by atomic mass is 9.98. The molecule has 0 aliphatic carbocycles. The van der Waals surface area contributed by atoms with Crippen molar-refractivity contribution in [1.29, 1.82) is 0 Å². The second kappa shape index (κ2) is 8.39. The maximum absolute atomic E-state index is 5.71. The summed E-state index contributed by atoms with van der Waals surface area (Å²) in [5, 5.41) is 3.47. The molecule has 0 saturated heterocycles. The van der Waals surface area contributed by atoms with Crippen LogP contribution in [0.2, 0.25) is 0 Å². The van der Waals surface area contributed by atoms with Crippen molar-refractivity contribution in [3.05, 3.63) is 60.2 Å². The Hall–Kier alpha value is -2.49. The molecule has 1 heterocycles. The largest absolute Gasteiger partial charge is 0.494 e. The lowest BCUT2D eigenvalue weighted by Crippen LogP contribution is -2.36. The molecule has 2 aromatic rings. The first-order chi connectivity index (χ1) is 11.8. The maximum atomic E-state index is 5.71. The van der Waals surface area contributed by atoms with Gasteiger partial charge in [0.25, 0.3) is 0 Å². The fraction of sp³-hybridized carbons (Fsp3) is 0.350. The summed E-state index contributed by atoms with van der Waals surface area (Å²) in [5.41, 5.74) is 7.81. The van der Waals surface area contributed by atoms with Gasteiger partial charge in [-0.3, -0.25) is 4.99 Å². The Bertz CT molecular complexity index is 652. The van der Waals surface area contributed by atoms with E-state index in [2.05, 4.69) is 35.6 Å². The van der Waals surface area contributed by atoms with E-state index in [1.54, 1.807) is 0 Å². The minimum Gasteiger partial charge on any atom is -0.494 e. The predicted octanol–water partition coefficient (Wildman–Crippen LogP) is 3.29. The Kier molecular flexibility index (Phi) is 5.72. The number of hydrogen-bond acceptors (Lipinski definition) is 4. The zero-order valence-electron chi connectivity index (χ0n) is 13.9. The highest BCUT2D eigenvalue weighted by molar-refractivity contribution is 5.82. The molecule has 0 fully saturated rings. The van der Waals surface area contributed by atoms with E-state index in [0.29, 0.717) is 12.5 Å². The molecule has 0 amide bonds. The van der Waals surface area contributed by atoms with Crippen LogP contribution < -0.4 is 15.8 Å². The average molecular weight is 323 g/mol. The summed E-state index contributed by atoms with van der Waals surface area (Å²) in [6.45, 7) is 2.61. The lowest BCUT2D eigenvalue weighted by Gasteiger charge is -2.23. The first kappa shape index (κ1) is 16.4. The third-order valence-electron chi connectivity index (χ3n) is 4.21. The monoisotopic (exact) mass is 323 g/mol. The van der Waals surface area contributed by atoms with E-state index in [0.717, 1.165) is 49.6 Å². The van der Waals surface area contributed by atoms with E-state index in [-0.39, 0.29) is 0 Å². The van der Waals surface area contributed by atoms with Crippen molar-refractivity contribution in [2.24, 2.45) is 10.9 Å². The standard InChI is InChI=1S/C20H25N3O/c21-18-8-10-19(11-9-18)24-12-4-7-20-22-14-17(15-23-20)13-16-5-2-1-3-6-16/h1-3,5-6,8-11,17H,4,7,12-15,21H2,(H,22,23). The molecule has 4 heteroatoms. The highest BCUT2D eigenvalue weighted by atomic mass is 16.5. The van der Waals surface area contributed by atoms with E-state index in [1.807, 2.05) is 24.3 Å². The van der Waals surface area contributed by atoms with Gasteiger partial charge in [-0.2, -0.15) is 0 Å². The zero-order chi connectivity index (χ0) is 16.6. The number of amidine groups is 1. The Morgan fingerprint density at radius 2 is 1.88 bits per heavy atom. The molecule has 126 valence electrons. The van der Waals surface area contributed by atoms with Gasteiger partial charge in [0.15, 0.2) is 0 Å². The molecule has 0 spiro atoms. The van der Waals surface area contributed by atoms with Gasteiger partial charge in [-0.25, -0.2) is 0 Å². The van der Waals surface area contributed by atoms with Crippen LogP contribution >= 0.6 is 0 Å². The van der Waals surface area contributed by atoms with Crippen LogP contribution in [0.25, 0.3) is 0 Å². The SMILES string of the molecule is Nc1ccc(OCCCC2=NCC(Cc3ccccc3)CN2)cc1. The van der Waals surface area contributed by atoms with Crippen LogP contribution in [-0.2, 0) is 6.42 Å². The van der Waals surface area contributed by atoms with Crippen LogP contribution in [0.3, 0.4) is 0 Å².